The van der Waals surface area contributed by atoms with Crippen molar-refractivity contribution < 1.29 is 41.4 Å². The SMILES string of the molecule is CCOP(=O)(O)c1c(C)c2cc(-c3ccc(OC(C)C)c(OC(F)(F)F)c3)ccc2n1-c1ccc(OC(C)C)cc1.[NaH]. The van der Waals surface area contributed by atoms with Crippen LogP contribution in [0.5, 0.6) is 17.2 Å². The Morgan fingerprint density at radius 1 is 0.881 bits per heavy atom. The first kappa shape index (κ1) is 34.0. The summed E-state index contributed by atoms with van der Waals surface area (Å²) in [7, 11) is -4.26. The molecule has 7 nitrogen and oxygen atoms in total. The zero-order chi connectivity index (χ0) is 30.1. The molecule has 0 radical (unpaired) electrons. The van der Waals surface area contributed by atoms with Crippen LogP contribution < -0.4 is 19.6 Å². The van der Waals surface area contributed by atoms with Crippen LogP contribution in [0.4, 0.5) is 13.2 Å². The van der Waals surface area contributed by atoms with Gasteiger partial charge in [-0.2, -0.15) is 0 Å². The van der Waals surface area contributed by atoms with Gasteiger partial charge in [0.1, 0.15) is 11.2 Å². The van der Waals surface area contributed by atoms with E-state index in [2.05, 4.69) is 4.74 Å². The van der Waals surface area contributed by atoms with Gasteiger partial charge < -0.3 is 28.2 Å². The van der Waals surface area contributed by atoms with Crippen LogP contribution in [0.25, 0.3) is 27.7 Å². The first-order valence-corrected chi connectivity index (χ1v) is 14.7. The van der Waals surface area contributed by atoms with E-state index in [0.717, 1.165) is 0 Å². The van der Waals surface area contributed by atoms with Crippen molar-refractivity contribution in [2.24, 2.45) is 0 Å². The summed E-state index contributed by atoms with van der Waals surface area (Å²) >= 11 is 0. The van der Waals surface area contributed by atoms with Gasteiger partial charge in [0.25, 0.3) is 0 Å². The molecule has 0 aliphatic heterocycles. The Kier molecular flexibility index (Phi) is 10.9. The van der Waals surface area contributed by atoms with Crippen LogP contribution >= 0.6 is 7.60 Å². The van der Waals surface area contributed by atoms with Crippen molar-refractivity contribution in [1.29, 1.82) is 0 Å². The molecule has 4 rings (SSSR count). The fourth-order valence-corrected chi connectivity index (χ4v) is 6.13. The number of hydrogen-bond donors (Lipinski definition) is 1. The normalized spacial score (nSPS) is 13.2. The Bertz CT molecular complexity index is 1580. The fraction of sp³-hybridized carbons (Fsp3) is 0.333. The Morgan fingerprint density at radius 3 is 2.05 bits per heavy atom. The van der Waals surface area contributed by atoms with E-state index in [-0.39, 0.29) is 59.6 Å². The number of benzene rings is 3. The van der Waals surface area contributed by atoms with E-state index >= 15 is 0 Å². The third kappa shape index (κ3) is 7.73. The van der Waals surface area contributed by atoms with Crippen LogP contribution in [-0.2, 0) is 9.09 Å². The van der Waals surface area contributed by atoms with Gasteiger partial charge in [-0.3, -0.25) is 4.57 Å². The molecule has 12 heteroatoms. The molecule has 0 saturated carbocycles. The second-order valence-electron chi connectivity index (χ2n) is 9.99. The van der Waals surface area contributed by atoms with Gasteiger partial charge in [0.05, 0.1) is 24.3 Å². The van der Waals surface area contributed by atoms with Crippen molar-refractivity contribution in [3.8, 4) is 34.1 Å². The summed E-state index contributed by atoms with van der Waals surface area (Å²) in [6, 6.07) is 16.7. The minimum absolute atomic E-state index is 0. The standard InChI is InChI=1S/C30H33F3NO6P.Na.H/c1-7-37-41(35,36)29-20(6)25-16-21(22-9-15-27(39-19(4)5)28(17-22)40-30(31,32)33)8-14-26(25)34(29)23-10-12-24(13-11-23)38-18(2)3;;/h8-19H,7H2,1-6H3,(H,35,36);;. The van der Waals surface area contributed by atoms with Crippen molar-refractivity contribution in [3.63, 3.8) is 0 Å². The second-order valence-corrected chi connectivity index (χ2v) is 11.7. The topological polar surface area (TPSA) is 79.2 Å². The van der Waals surface area contributed by atoms with E-state index in [4.69, 9.17) is 14.0 Å². The summed E-state index contributed by atoms with van der Waals surface area (Å²) in [5, 5.41) is 0.634. The summed E-state index contributed by atoms with van der Waals surface area (Å²) in [5.41, 5.74) is 2.88. The van der Waals surface area contributed by atoms with E-state index in [9.17, 15) is 22.6 Å². The van der Waals surface area contributed by atoms with Crippen molar-refractivity contribution >= 4 is 53.5 Å². The molecule has 0 spiro atoms. The third-order valence-corrected chi connectivity index (χ3v) is 7.77. The maximum atomic E-state index is 13.4. The molecule has 42 heavy (non-hydrogen) atoms. The molecular weight excluding hydrogens is 581 g/mol. The molecule has 1 heterocycles. The molecule has 1 aromatic heterocycles. The van der Waals surface area contributed by atoms with E-state index in [0.29, 0.717) is 39.0 Å². The maximum absolute atomic E-state index is 13.4. The summed E-state index contributed by atoms with van der Waals surface area (Å²) in [5.74, 6) is 0.160. The minimum atomic E-state index is -4.91. The quantitative estimate of drug-likeness (QED) is 0.149. The van der Waals surface area contributed by atoms with Crippen LogP contribution in [0, 0.1) is 6.92 Å². The van der Waals surface area contributed by atoms with Gasteiger partial charge in [-0.1, -0.05) is 12.1 Å². The predicted molar refractivity (Wildman–Crippen MR) is 160 cm³/mol. The summed E-state index contributed by atoms with van der Waals surface area (Å²) in [4.78, 5) is 11.0. The number of rotatable bonds is 10. The number of alkyl halides is 3. The van der Waals surface area contributed by atoms with Gasteiger partial charge in [0.2, 0.25) is 0 Å². The van der Waals surface area contributed by atoms with Crippen molar-refractivity contribution in [2.75, 3.05) is 6.61 Å². The molecule has 1 unspecified atom stereocenters. The average Bonchev–Trinajstić information content (AvgIpc) is 3.16. The Balaban J connectivity index is 0.00000484. The molecule has 1 atom stereocenters. The molecule has 0 saturated heterocycles. The third-order valence-electron chi connectivity index (χ3n) is 6.09. The van der Waals surface area contributed by atoms with Crippen LogP contribution in [0.3, 0.4) is 0 Å². The summed E-state index contributed by atoms with van der Waals surface area (Å²) in [6.07, 6.45) is -5.29. The van der Waals surface area contributed by atoms with Crippen molar-refractivity contribution in [2.45, 2.75) is 60.1 Å². The number of hydrogen-bond acceptors (Lipinski definition) is 5. The molecule has 1 N–H and O–H groups in total. The fourth-order valence-electron chi connectivity index (χ4n) is 4.64. The second kappa shape index (κ2) is 13.5. The number of aromatic nitrogens is 1. The molecule has 0 aliphatic carbocycles. The molecule has 0 amide bonds. The van der Waals surface area contributed by atoms with Gasteiger partial charge in [-0.25, -0.2) is 0 Å². The summed E-state index contributed by atoms with van der Waals surface area (Å²) in [6.45, 7) is 10.6. The van der Waals surface area contributed by atoms with E-state index < -0.39 is 19.7 Å². The Morgan fingerprint density at radius 2 is 1.48 bits per heavy atom. The van der Waals surface area contributed by atoms with E-state index in [1.54, 1.807) is 80.8 Å². The van der Waals surface area contributed by atoms with Crippen molar-refractivity contribution in [3.05, 3.63) is 66.2 Å². The van der Waals surface area contributed by atoms with Gasteiger partial charge in [-0.05, 0) is 107 Å². The van der Waals surface area contributed by atoms with Gasteiger partial charge >= 0.3 is 43.5 Å². The Labute approximate surface area is 265 Å². The molecule has 0 fully saturated rings. The van der Waals surface area contributed by atoms with E-state index in [1.165, 1.54) is 12.1 Å². The molecule has 0 aliphatic rings. The number of nitrogens with zero attached hydrogens (tertiary/aromatic N) is 1. The van der Waals surface area contributed by atoms with Gasteiger partial charge in [-0.15, -0.1) is 13.2 Å². The number of ether oxygens (including phenoxy) is 3. The zero-order valence-electron chi connectivity index (χ0n) is 23.7. The number of aryl methyl sites for hydroxylation is 1. The number of fused-ring (bicyclic) bond motifs is 1. The first-order chi connectivity index (χ1) is 19.2. The predicted octanol–water partition coefficient (Wildman–Crippen LogP) is 7.28. The molecule has 0 bridgehead atoms. The zero-order valence-corrected chi connectivity index (χ0v) is 24.5. The summed E-state index contributed by atoms with van der Waals surface area (Å²) < 4.78 is 75.5. The van der Waals surface area contributed by atoms with Gasteiger partial charge in [0.15, 0.2) is 11.5 Å². The Hall–Kier alpha value is -2.46. The molecule has 4 aromatic rings. The van der Waals surface area contributed by atoms with E-state index in [1.807, 2.05) is 13.8 Å². The molecular formula is C30H34F3NNaO6P. The average molecular weight is 616 g/mol. The van der Waals surface area contributed by atoms with Crippen LogP contribution in [-0.4, -0.2) is 64.2 Å². The van der Waals surface area contributed by atoms with Gasteiger partial charge in [0, 0.05) is 11.1 Å². The monoisotopic (exact) mass is 615 g/mol. The van der Waals surface area contributed by atoms with Crippen LogP contribution in [0.1, 0.15) is 40.2 Å². The van der Waals surface area contributed by atoms with Crippen molar-refractivity contribution in [1.82, 2.24) is 4.57 Å². The first-order valence-electron chi connectivity index (χ1n) is 13.2. The molecule has 3 aromatic carbocycles. The van der Waals surface area contributed by atoms with Crippen LogP contribution in [0.15, 0.2) is 60.7 Å². The number of halogens is 3. The molecule has 222 valence electrons. The van der Waals surface area contributed by atoms with Crippen LogP contribution in [0.2, 0.25) is 0 Å².